The van der Waals surface area contributed by atoms with Crippen LogP contribution in [0.15, 0.2) is 65.4 Å². The van der Waals surface area contributed by atoms with Crippen molar-refractivity contribution in [2.45, 2.75) is 33.2 Å². The molecular weight excluding hydrogens is 450 g/mol. The van der Waals surface area contributed by atoms with Gasteiger partial charge in [-0.25, -0.2) is 0 Å². The van der Waals surface area contributed by atoms with Gasteiger partial charge in [0.25, 0.3) is 11.8 Å². The Morgan fingerprint density at radius 3 is 2.55 bits per heavy atom. The van der Waals surface area contributed by atoms with Crippen LogP contribution in [0, 0.1) is 0 Å². The molecule has 2 aromatic rings. The number of allylic oxidation sites excluding steroid dienone is 2. The number of halogens is 3. The Morgan fingerprint density at radius 2 is 2.00 bits per heavy atom. The summed E-state index contributed by atoms with van der Waals surface area (Å²) in [6.45, 7) is 8.84. The molecule has 0 bridgehead atoms. The van der Waals surface area contributed by atoms with E-state index in [9.17, 15) is 18.4 Å². The van der Waals surface area contributed by atoms with Crippen LogP contribution in [0.3, 0.4) is 0 Å². The molecule has 0 fully saturated rings. The monoisotopic (exact) mass is 474 g/mol. The maximum Gasteiger partial charge on any atom is 0.316 e. The molecule has 1 aromatic carbocycles. The van der Waals surface area contributed by atoms with E-state index in [-0.39, 0.29) is 16.6 Å². The number of rotatable bonds is 9. The van der Waals surface area contributed by atoms with E-state index in [2.05, 4.69) is 22.0 Å². The number of carbonyl (C=O) groups is 2. The van der Waals surface area contributed by atoms with Crippen molar-refractivity contribution in [2.24, 2.45) is 4.99 Å². The van der Waals surface area contributed by atoms with Gasteiger partial charge in [0.15, 0.2) is 0 Å². The van der Waals surface area contributed by atoms with Gasteiger partial charge in [0.1, 0.15) is 0 Å². The summed E-state index contributed by atoms with van der Waals surface area (Å²) in [4.78, 5) is 33.1. The fourth-order valence-corrected chi connectivity index (χ4v) is 3.24. The van der Waals surface area contributed by atoms with Gasteiger partial charge in [-0.1, -0.05) is 29.3 Å². The molecule has 0 atom stereocenters. The standard InChI is InChI=1S/C24H25ClF2N4O2/c1-15(2)31(24(33)22(26)27)21-10-8-17(12-19(21)25)20-9-7-18(14-29-20)23(32)30-13-16(3)6-5-11-28-4/h5-12,14-15,22H,4,13H2,1-3H3,(H,30,32)/b11-5-,16-6+. The third-order valence-corrected chi connectivity index (χ3v) is 4.87. The third kappa shape index (κ3) is 7.05. The number of aliphatic imine (C=N–C) groups is 1. The van der Waals surface area contributed by atoms with E-state index in [1.54, 1.807) is 50.4 Å². The average Bonchev–Trinajstić information content (AvgIpc) is 2.78. The second-order valence-corrected chi connectivity index (χ2v) is 7.83. The van der Waals surface area contributed by atoms with Crippen LogP contribution in [0.2, 0.25) is 5.02 Å². The predicted octanol–water partition coefficient (Wildman–Crippen LogP) is 5.30. The molecule has 174 valence electrons. The van der Waals surface area contributed by atoms with Gasteiger partial charge in [0.2, 0.25) is 0 Å². The van der Waals surface area contributed by atoms with E-state index in [0.29, 0.717) is 23.4 Å². The van der Waals surface area contributed by atoms with Gasteiger partial charge in [0, 0.05) is 30.5 Å². The molecule has 1 heterocycles. The number of carbonyl (C=O) groups excluding carboxylic acids is 2. The van der Waals surface area contributed by atoms with Gasteiger partial charge in [0.05, 0.1) is 22.0 Å². The number of nitrogens with zero attached hydrogens (tertiary/aromatic N) is 3. The van der Waals surface area contributed by atoms with E-state index >= 15 is 0 Å². The lowest BCUT2D eigenvalue weighted by Crippen LogP contribution is -2.41. The van der Waals surface area contributed by atoms with Crippen LogP contribution in [0.1, 0.15) is 31.1 Å². The van der Waals surface area contributed by atoms with Gasteiger partial charge < -0.3 is 10.2 Å². The number of amides is 2. The quantitative estimate of drug-likeness (QED) is 0.396. The first kappa shape index (κ1) is 25.9. The van der Waals surface area contributed by atoms with Crippen LogP contribution in [-0.2, 0) is 4.79 Å². The molecule has 2 amide bonds. The van der Waals surface area contributed by atoms with Crippen molar-refractivity contribution in [3.05, 3.63) is 71.0 Å². The predicted molar refractivity (Wildman–Crippen MR) is 128 cm³/mol. The average molecular weight is 475 g/mol. The second kappa shape index (κ2) is 12.0. The molecular formula is C24H25ClF2N4O2. The summed E-state index contributed by atoms with van der Waals surface area (Å²) in [5.74, 6) is -1.59. The highest BCUT2D eigenvalue weighted by molar-refractivity contribution is 6.34. The van der Waals surface area contributed by atoms with Crippen molar-refractivity contribution >= 4 is 35.8 Å². The molecule has 1 N–H and O–H groups in total. The summed E-state index contributed by atoms with van der Waals surface area (Å²) in [5.41, 5.74) is 2.66. The van der Waals surface area contributed by atoms with Crippen LogP contribution >= 0.6 is 11.6 Å². The number of hydrogen-bond donors (Lipinski definition) is 1. The molecule has 0 aliphatic carbocycles. The number of benzene rings is 1. The molecule has 0 saturated heterocycles. The third-order valence-electron chi connectivity index (χ3n) is 4.57. The van der Waals surface area contributed by atoms with Gasteiger partial charge in [-0.05, 0) is 57.8 Å². The fraction of sp³-hybridized carbons (Fsp3) is 0.250. The number of alkyl halides is 2. The largest absolute Gasteiger partial charge is 0.348 e. The molecule has 9 heteroatoms. The summed E-state index contributed by atoms with van der Waals surface area (Å²) in [7, 11) is 0. The summed E-state index contributed by atoms with van der Waals surface area (Å²) in [6.07, 6.45) is 3.39. The summed E-state index contributed by atoms with van der Waals surface area (Å²) in [6, 6.07) is 7.47. The van der Waals surface area contributed by atoms with E-state index in [0.717, 1.165) is 10.5 Å². The lowest BCUT2D eigenvalue weighted by molar-refractivity contribution is -0.129. The lowest BCUT2D eigenvalue weighted by atomic mass is 10.1. The molecule has 2 rings (SSSR count). The highest BCUT2D eigenvalue weighted by atomic mass is 35.5. The Morgan fingerprint density at radius 1 is 1.27 bits per heavy atom. The van der Waals surface area contributed by atoms with Crippen molar-refractivity contribution in [3.8, 4) is 11.3 Å². The molecule has 1 aromatic heterocycles. The van der Waals surface area contributed by atoms with Gasteiger partial charge >= 0.3 is 6.43 Å². The number of pyridine rings is 1. The normalized spacial score (nSPS) is 11.8. The number of aromatic nitrogens is 1. The number of nitrogens with one attached hydrogen (secondary N) is 1. The number of hydrogen-bond acceptors (Lipinski definition) is 4. The maximum absolute atomic E-state index is 13.0. The van der Waals surface area contributed by atoms with Gasteiger partial charge in [-0.2, -0.15) is 8.78 Å². The van der Waals surface area contributed by atoms with Crippen LogP contribution in [0.5, 0.6) is 0 Å². The van der Waals surface area contributed by atoms with Crippen molar-refractivity contribution in [1.29, 1.82) is 0 Å². The van der Waals surface area contributed by atoms with E-state index in [1.807, 2.05) is 13.0 Å². The van der Waals surface area contributed by atoms with Gasteiger partial charge in [-0.3, -0.25) is 19.6 Å². The van der Waals surface area contributed by atoms with E-state index in [1.165, 1.54) is 12.3 Å². The Balaban J connectivity index is 2.16. The molecule has 0 radical (unpaired) electrons. The Kier molecular flexibility index (Phi) is 9.42. The zero-order valence-electron chi connectivity index (χ0n) is 18.6. The van der Waals surface area contributed by atoms with Crippen LogP contribution in [-0.4, -0.2) is 42.5 Å². The molecule has 33 heavy (non-hydrogen) atoms. The Bertz CT molecular complexity index is 1070. The summed E-state index contributed by atoms with van der Waals surface area (Å²) < 4.78 is 26.0. The van der Waals surface area contributed by atoms with Crippen LogP contribution in [0.4, 0.5) is 14.5 Å². The van der Waals surface area contributed by atoms with Gasteiger partial charge in [-0.15, -0.1) is 0 Å². The second-order valence-electron chi connectivity index (χ2n) is 7.42. The Labute approximate surface area is 196 Å². The van der Waals surface area contributed by atoms with E-state index < -0.39 is 18.4 Å². The van der Waals surface area contributed by atoms with Crippen LogP contribution in [0.25, 0.3) is 11.3 Å². The molecule has 0 unspecified atom stereocenters. The highest BCUT2D eigenvalue weighted by Crippen LogP contribution is 2.32. The highest BCUT2D eigenvalue weighted by Gasteiger charge is 2.28. The van der Waals surface area contributed by atoms with Crippen molar-refractivity contribution in [3.63, 3.8) is 0 Å². The SMILES string of the molecule is C=N/C=C\C=C(/C)CNC(=O)c1ccc(-c2ccc(N(C(=O)C(F)F)C(C)C)c(Cl)c2)nc1. The summed E-state index contributed by atoms with van der Waals surface area (Å²) >= 11 is 6.31. The molecule has 0 aliphatic rings. The first-order chi connectivity index (χ1) is 15.6. The number of anilines is 1. The molecule has 0 aliphatic heterocycles. The Hall–Kier alpha value is -3.39. The van der Waals surface area contributed by atoms with Crippen molar-refractivity contribution in [2.75, 3.05) is 11.4 Å². The van der Waals surface area contributed by atoms with E-state index in [4.69, 9.17) is 11.6 Å². The zero-order valence-corrected chi connectivity index (χ0v) is 19.3. The fourth-order valence-electron chi connectivity index (χ4n) is 2.97. The summed E-state index contributed by atoms with van der Waals surface area (Å²) in [5, 5.41) is 2.94. The maximum atomic E-state index is 13.0. The minimum absolute atomic E-state index is 0.141. The molecule has 6 nitrogen and oxygen atoms in total. The molecule has 0 saturated carbocycles. The first-order valence-corrected chi connectivity index (χ1v) is 10.5. The van der Waals surface area contributed by atoms with Crippen molar-refractivity contribution < 1.29 is 18.4 Å². The minimum Gasteiger partial charge on any atom is -0.348 e. The smallest absolute Gasteiger partial charge is 0.316 e. The first-order valence-electron chi connectivity index (χ1n) is 10.1. The minimum atomic E-state index is -3.14. The zero-order chi connectivity index (χ0) is 24.5. The topological polar surface area (TPSA) is 74.7 Å². The lowest BCUT2D eigenvalue weighted by Gasteiger charge is -2.27. The van der Waals surface area contributed by atoms with Crippen molar-refractivity contribution in [1.82, 2.24) is 10.3 Å². The molecule has 0 spiro atoms. The van der Waals surface area contributed by atoms with Crippen LogP contribution < -0.4 is 10.2 Å².